The maximum Gasteiger partial charge on any atom is 0.540 e. The first-order chi connectivity index (χ1) is 7.73. The van der Waals surface area contributed by atoms with E-state index in [2.05, 4.69) is 9.47 Å². The Morgan fingerprint density at radius 2 is 1.76 bits per heavy atom. The Bertz CT molecular complexity index is 443. The third kappa shape index (κ3) is 2.09. The van der Waals surface area contributed by atoms with E-state index in [9.17, 15) is 17.6 Å². The molecule has 1 aromatic rings. The highest BCUT2D eigenvalue weighted by atomic mass is 19.3. The van der Waals surface area contributed by atoms with Crippen molar-refractivity contribution in [3.8, 4) is 5.75 Å². The second kappa shape index (κ2) is 3.60. The van der Waals surface area contributed by atoms with Gasteiger partial charge >= 0.3 is 12.4 Å². The summed E-state index contributed by atoms with van der Waals surface area (Å²) < 4.78 is 60.1. The van der Waals surface area contributed by atoms with Crippen LogP contribution in [0.1, 0.15) is 30.9 Å². The minimum Gasteiger partial charge on any atom is -0.409 e. The van der Waals surface area contributed by atoms with Crippen molar-refractivity contribution in [2.24, 2.45) is 0 Å². The second-order valence-electron chi connectivity index (χ2n) is 4.06. The number of alkyl halides is 4. The Kier molecular flexibility index (Phi) is 2.57. The molecule has 0 spiro atoms. The van der Waals surface area contributed by atoms with Gasteiger partial charge in [-0.2, -0.15) is 8.78 Å². The van der Waals surface area contributed by atoms with E-state index >= 15 is 0 Å². The van der Waals surface area contributed by atoms with Gasteiger partial charge in [-0.3, -0.25) is 0 Å². The maximum atomic E-state index is 13.5. The minimum absolute atomic E-state index is 0.225. The third-order valence-corrected chi connectivity index (χ3v) is 2.45. The van der Waals surface area contributed by atoms with E-state index in [-0.39, 0.29) is 11.5 Å². The zero-order valence-corrected chi connectivity index (χ0v) is 9.14. The van der Waals surface area contributed by atoms with E-state index in [0.29, 0.717) is 0 Å². The molecule has 2 nitrogen and oxygen atoms in total. The van der Waals surface area contributed by atoms with Crippen molar-refractivity contribution in [3.63, 3.8) is 0 Å². The Balaban J connectivity index is 2.62. The molecule has 0 saturated carbocycles. The first-order valence-corrected chi connectivity index (χ1v) is 5.01. The van der Waals surface area contributed by atoms with Gasteiger partial charge in [0.1, 0.15) is 5.75 Å². The highest BCUT2D eigenvalue weighted by Gasteiger charge is 2.55. The summed E-state index contributed by atoms with van der Waals surface area (Å²) in [5, 5.41) is 0. The molecule has 0 amide bonds. The van der Waals surface area contributed by atoms with Crippen LogP contribution in [0.15, 0.2) is 18.2 Å². The number of halogens is 4. The fraction of sp³-hybridized carbons (Fsp3) is 0.455. The average molecular weight is 250 g/mol. The molecule has 0 atom stereocenters. The normalized spacial score (nSPS) is 20.9. The lowest BCUT2D eigenvalue weighted by Crippen LogP contribution is -2.41. The monoisotopic (exact) mass is 250 g/mol. The Morgan fingerprint density at radius 3 is 2.35 bits per heavy atom. The molecule has 0 fully saturated rings. The molecule has 0 saturated heterocycles. The lowest BCUT2D eigenvalue weighted by Gasteiger charge is -2.32. The van der Waals surface area contributed by atoms with Crippen LogP contribution in [0.4, 0.5) is 17.6 Å². The van der Waals surface area contributed by atoms with Crippen LogP contribution < -0.4 is 4.74 Å². The first kappa shape index (κ1) is 12.2. The van der Waals surface area contributed by atoms with Crippen LogP contribution in [0.25, 0.3) is 0 Å². The summed E-state index contributed by atoms with van der Waals surface area (Å²) in [6, 6.07) is 3.91. The van der Waals surface area contributed by atoms with E-state index in [1.165, 1.54) is 12.1 Å². The molecule has 1 aromatic carbocycles. The van der Waals surface area contributed by atoms with Crippen LogP contribution in [0.5, 0.6) is 5.75 Å². The summed E-state index contributed by atoms with van der Waals surface area (Å²) in [5.74, 6) is -0.799. The van der Waals surface area contributed by atoms with Gasteiger partial charge in [-0.25, -0.2) is 4.74 Å². The molecule has 1 aliphatic rings. The van der Waals surface area contributed by atoms with Crippen molar-refractivity contribution in [3.05, 3.63) is 29.3 Å². The molecule has 0 aromatic heterocycles. The Labute approximate surface area is 95.1 Å². The fourth-order valence-electron chi connectivity index (χ4n) is 1.77. The fourth-order valence-corrected chi connectivity index (χ4v) is 1.77. The van der Waals surface area contributed by atoms with Crippen LogP contribution in [0, 0.1) is 0 Å². The van der Waals surface area contributed by atoms with E-state index in [4.69, 9.17) is 0 Å². The number of hydrogen-bond donors (Lipinski definition) is 0. The molecular formula is C11H10F4O2. The molecule has 94 valence electrons. The van der Waals surface area contributed by atoms with Crippen molar-refractivity contribution in [2.75, 3.05) is 0 Å². The summed E-state index contributed by atoms with van der Waals surface area (Å²) in [4.78, 5) is 0. The van der Waals surface area contributed by atoms with Crippen LogP contribution in [0.3, 0.4) is 0 Å². The summed E-state index contributed by atoms with van der Waals surface area (Å²) >= 11 is 0. The van der Waals surface area contributed by atoms with Crippen LogP contribution in [-0.2, 0) is 10.8 Å². The van der Waals surface area contributed by atoms with Crippen molar-refractivity contribution in [1.82, 2.24) is 0 Å². The number of rotatable bonds is 1. The molecule has 0 aliphatic carbocycles. The lowest BCUT2D eigenvalue weighted by molar-refractivity contribution is -0.461. The molecule has 17 heavy (non-hydrogen) atoms. The minimum atomic E-state index is -4.31. The third-order valence-electron chi connectivity index (χ3n) is 2.45. The lowest BCUT2D eigenvalue weighted by atomic mass is 9.95. The highest BCUT2D eigenvalue weighted by Crippen LogP contribution is 2.48. The van der Waals surface area contributed by atoms with Crippen molar-refractivity contribution in [2.45, 2.75) is 32.2 Å². The number of hydrogen-bond acceptors (Lipinski definition) is 2. The van der Waals surface area contributed by atoms with Crippen LogP contribution in [0.2, 0.25) is 0 Å². The van der Waals surface area contributed by atoms with Crippen LogP contribution in [-0.4, -0.2) is 6.29 Å². The van der Waals surface area contributed by atoms with Crippen molar-refractivity contribution >= 4 is 0 Å². The summed E-state index contributed by atoms with van der Waals surface area (Å²) in [7, 11) is 0. The van der Waals surface area contributed by atoms with Gasteiger partial charge in [0.05, 0.1) is 5.56 Å². The van der Waals surface area contributed by atoms with Gasteiger partial charge in [-0.15, -0.1) is 8.78 Å². The van der Waals surface area contributed by atoms with Gasteiger partial charge in [-0.1, -0.05) is 26.0 Å². The van der Waals surface area contributed by atoms with Crippen molar-refractivity contribution in [1.29, 1.82) is 0 Å². The zero-order chi connectivity index (χ0) is 12.8. The molecule has 0 radical (unpaired) electrons. The molecule has 1 aliphatic heterocycles. The molecular weight excluding hydrogens is 240 g/mol. The molecule has 0 N–H and O–H groups in total. The first-order valence-electron chi connectivity index (χ1n) is 5.01. The van der Waals surface area contributed by atoms with Gasteiger partial charge in [0.2, 0.25) is 0 Å². The van der Waals surface area contributed by atoms with Gasteiger partial charge < -0.3 is 4.74 Å². The molecule has 2 rings (SSSR count). The summed E-state index contributed by atoms with van der Waals surface area (Å²) in [5.41, 5.74) is -0.399. The van der Waals surface area contributed by atoms with E-state index in [1.807, 2.05) is 0 Å². The largest absolute Gasteiger partial charge is 0.540 e. The molecule has 6 heteroatoms. The van der Waals surface area contributed by atoms with Crippen molar-refractivity contribution < 1.29 is 27.0 Å². The second-order valence-corrected chi connectivity index (χ2v) is 4.06. The van der Waals surface area contributed by atoms with E-state index in [1.54, 1.807) is 13.8 Å². The SMILES string of the molecule is CC(C)c1cccc2c1C(F)(F)OC(F)(F)O2. The van der Waals surface area contributed by atoms with E-state index in [0.717, 1.165) is 6.07 Å². The number of ether oxygens (including phenoxy) is 2. The highest BCUT2D eigenvalue weighted by molar-refractivity contribution is 5.44. The standard InChI is InChI=1S/C11H10F4O2/c1-6(2)7-4-3-5-8-9(7)10(12,13)17-11(14,15)16-8/h3-6H,1-2H3. The number of benzene rings is 1. The van der Waals surface area contributed by atoms with E-state index < -0.39 is 23.7 Å². The quantitative estimate of drug-likeness (QED) is 0.705. The summed E-state index contributed by atoms with van der Waals surface area (Å²) in [6.45, 7) is 3.36. The van der Waals surface area contributed by atoms with Gasteiger partial charge in [0.25, 0.3) is 0 Å². The average Bonchev–Trinajstić information content (AvgIpc) is 2.12. The van der Waals surface area contributed by atoms with Gasteiger partial charge in [0.15, 0.2) is 0 Å². The van der Waals surface area contributed by atoms with Crippen LogP contribution >= 0.6 is 0 Å². The molecule has 0 unspecified atom stereocenters. The maximum absolute atomic E-state index is 13.5. The Hall–Kier alpha value is -1.30. The molecule has 1 heterocycles. The Morgan fingerprint density at radius 1 is 1.12 bits per heavy atom. The zero-order valence-electron chi connectivity index (χ0n) is 9.14. The molecule has 0 bridgehead atoms. The smallest absolute Gasteiger partial charge is 0.409 e. The summed E-state index contributed by atoms with van der Waals surface area (Å²) in [6.07, 6.45) is -8.37. The predicted octanol–water partition coefficient (Wildman–Crippen LogP) is 3.82. The predicted molar refractivity (Wildman–Crippen MR) is 51.1 cm³/mol. The van der Waals surface area contributed by atoms with Gasteiger partial charge in [-0.05, 0) is 17.5 Å². The number of fused-ring (bicyclic) bond motifs is 1. The topological polar surface area (TPSA) is 18.5 Å². The van der Waals surface area contributed by atoms with Gasteiger partial charge in [0, 0.05) is 0 Å².